The van der Waals surface area contributed by atoms with Crippen molar-refractivity contribution >= 4 is 17.0 Å². The van der Waals surface area contributed by atoms with E-state index in [0.717, 1.165) is 16.8 Å². The fraction of sp³-hybridized carbons (Fsp3) is 0.263. The number of hydrogen-bond donors (Lipinski definition) is 0. The highest BCUT2D eigenvalue weighted by Crippen LogP contribution is 2.21. The predicted octanol–water partition coefficient (Wildman–Crippen LogP) is 3.19. The minimum Gasteiger partial charge on any atom is -0.497 e. The molecule has 0 N–H and O–H groups in total. The molecule has 3 aromatic rings. The van der Waals surface area contributed by atoms with Gasteiger partial charge < -0.3 is 18.8 Å². The number of imidazole rings is 1. The number of hydrogen-bond acceptors (Lipinski definition) is 5. The molecule has 0 aliphatic carbocycles. The van der Waals surface area contributed by atoms with E-state index in [0.29, 0.717) is 18.2 Å². The Labute approximate surface area is 146 Å². The Morgan fingerprint density at radius 1 is 1.12 bits per heavy atom. The molecule has 3 rings (SSSR count). The summed E-state index contributed by atoms with van der Waals surface area (Å²) in [5.41, 5.74) is 1.69. The summed E-state index contributed by atoms with van der Waals surface area (Å²) in [6.45, 7) is 2.48. The molecule has 0 aliphatic heterocycles. The monoisotopic (exact) mass is 340 g/mol. The van der Waals surface area contributed by atoms with Gasteiger partial charge in [-0.3, -0.25) is 4.79 Å². The third-order valence-corrected chi connectivity index (χ3v) is 3.74. The summed E-state index contributed by atoms with van der Waals surface area (Å²) in [6.07, 6.45) is 0. The van der Waals surface area contributed by atoms with Gasteiger partial charge in [-0.1, -0.05) is 18.2 Å². The first-order valence-corrected chi connectivity index (χ1v) is 8.08. The fourth-order valence-corrected chi connectivity index (χ4v) is 2.59. The Hall–Kier alpha value is -3.02. The largest absolute Gasteiger partial charge is 0.497 e. The standard InChI is InChI=1S/C19H20N2O4/c1-3-24-19(22)12-21-17-10-5-4-9-16(17)20-18(21)13-25-15-8-6-7-14(11-15)23-2/h4-11H,3,12-13H2,1-2H3. The van der Waals surface area contributed by atoms with Crippen molar-refractivity contribution < 1.29 is 19.0 Å². The van der Waals surface area contributed by atoms with E-state index in [2.05, 4.69) is 4.98 Å². The molecule has 130 valence electrons. The lowest BCUT2D eigenvalue weighted by Gasteiger charge is -2.10. The van der Waals surface area contributed by atoms with Crippen LogP contribution in [0.2, 0.25) is 0 Å². The van der Waals surface area contributed by atoms with Crippen LogP contribution in [0, 0.1) is 0 Å². The summed E-state index contributed by atoms with van der Waals surface area (Å²) in [4.78, 5) is 16.5. The van der Waals surface area contributed by atoms with E-state index in [1.165, 1.54) is 0 Å². The van der Waals surface area contributed by atoms with Crippen LogP contribution in [0.4, 0.5) is 0 Å². The second kappa shape index (κ2) is 7.70. The van der Waals surface area contributed by atoms with Gasteiger partial charge in [0.1, 0.15) is 30.5 Å². The predicted molar refractivity (Wildman–Crippen MR) is 93.7 cm³/mol. The molecule has 0 amide bonds. The molecule has 0 atom stereocenters. The fourth-order valence-electron chi connectivity index (χ4n) is 2.59. The number of ether oxygens (including phenoxy) is 3. The summed E-state index contributed by atoms with van der Waals surface area (Å²) >= 11 is 0. The van der Waals surface area contributed by atoms with Gasteiger partial charge in [0.15, 0.2) is 0 Å². The van der Waals surface area contributed by atoms with Crippen LogP contribution in [0.3, 0.4) is 0 Å². The molecule has 25 heavy (non-hydrogen) atoms. The number of aromatic nitrogens is 2. The highest BCUT2D eigenvalue weighted by Gasteiger charge is 2.14. The molecule has 0 saturated carbocycles. The molecule has 1 aromatic heterocycles. The molecular weight excluding hydrogens is 320 g/mol. The zero-order valence-corrected chi connectivity index (χ0v) is 14.3. The van der Waals surface area contributed by atoms with Crippen LogP contribution in [0.5, 0.6) is 11.5 Å². The van der Waals surface area contributed by atoms with Crippen molar-refractivity contribution in [1.29, 1.82) is 0 Å². The number of esters is 1. The van der Waals surface area contributed by atoms with Crippen LogP contribution in [-0.2, 0) is 22.7 Å². The minimum absolute atomic E-state index is 0.102. The molecule has 0 spiro atoms. The van der Waals surface area contributed by atoms with E-state index in [4.69, 9.17) is 14.2 Å². The Morgan fingerprint density at radius 3 is 2.72 bits per heavy atom. The maximum absolute atomic E-state index is 11.9. The number of rotatable bonds is 7. The molecule has 0 radical (unpaired) electrons. The van der Waals surface area contributed by atoms with Crippen LogP contribution < -0.4 is 9.47 Å². The van der Waals surface area contributed by atoms with Gasteiger partial charge in [-0.2, -0.15) is 0 Å². The smallest absolute Gasteiger partial charge is 0.326 e. The van der Waals surface area contributed by atoms with Crippen molar-refractivity contribution in [1.82, 2.24) is 9.55 Å². The zero-order chi connectivity index (χ0) is 17.6. The lowest BCUT2D eigenvalue weighted by Crippen LogP contribution is -2.16. The Kier molecular flexibility index (Phi) is 5.18. The average molecular weight is 340 g/mol. The van der Waals surface area contributed by atoms with Crippen LogP contribution in [0.15, 0.2) is 48.5 Å². The van der Waals surface area contributed by atoms with E-state index < -0.39 is 0 Å². The molecule has 1 heterocycles. The summed E-state index contributed by atoms with van der Waals surface area (Å²) in [5, 5.41) is 0. The molecular formula is C19H20N2O4. The van der Waals surface area contributed by atoms with E-state index in [9.17, 15) is 4.79 Å². The van der Waals surface area contributed by atoms with E-state index in [1.54, 1.807) is 20.1 Å². The first kappa shape index (κ1) is 16.8. The molecule has 0 saturated heterocycles. The first-order chi connectivity index (χ1) is 12.2. The molecule has 0 fully saturated rings. The van der Waals surface area contributed by atoms with E-state index >= 15 is 0 Å². The van der Waals surface area contributed by atoms with Gasteiger partial charge in [-0.15, -0.1) is 0 Å². The third-order valence-electron chi connectivity index (χ3n) is 3.74. The van der Waals surface area contributed by atoms with Crippen molar-refractivity contribution in [2.24, 2.45) is 0 Å². The molecule has 0 bridgehead atoms. The maximum Gasteiger partial charge on any atom is 0.326 e. The minimum atomic E-state index is -0.298. The summed E-state index contributed by atoms with van der Waals surface area (Å²) in [5.74, 6) is 1.76. The Morgan fingerprint density at radius 2 is 1.92 bits per heavy atom. The number of methoxy groups -OCH3 is 1. The SMILES string of the molecule is CCOC(=O)Cn1c(COc2cccc(OC)c2)nc2ccccc21. The second-order valence-electron chi connectivity index (χ2n) is 5.38. The lowest BCUT2D eigenvalue weighted by molar-refractivity contribution is -0.143. The number of fused-ring (bicyclic) bond motifs is 1. The van der Waals surface area contributed by atoms with Crippen LogP contribution in [-0.4, -0.2) is 29.2 Å². The Bertz CT molecular complexity index is 873. The second-order valence-corrected chi connectivity index (χ2v) is 5.38. The van der Waals surface area contributed by atoms with E-state index in [-0.39, 0.29) is 19.1 Å². The summed E-state index contributed by atoms with van der Waals surface area (Å²) in [7, 11) is 1.61. The number of para-hydroxylation sites is 2. The van der Waals surface area contributed by atoms with Crippen molar-refractivity contribution in [3.05, 3.63) is 54.4 Å². The molecule has 6 heteroatoms. The topological polar surface area (TPSA) is 62.6 Å². The lowest BCUT2D eigenvalue weighted by atomic mass is 10.3. The maximum atomic E-state index is 11.9. The van der Waals surface area contributed by atoms with Crippen LogP contribution in [0.1, 0.15) is 12.7 Å². The highest BCUT2D eigenvalue weighted by atomic mass is 16.5. The normalized spacial score (nSPS) is 10.6. The summed E-state index contributed by atoms with van der Waals surface area (Å²) in [6, 6.07) is 15.0. The van der Waals surface area contributed by atoms with Gasteiger partial charge in [0.25, 0.3) is 0 Å². The number of carbonyl (C=O) groups is 1. The van der Waals surface area contributed by atoms with Gasteiger partial charge in [0.2, 0.25) is 0 Å². The van der Waals surface area contributed by atoms with Crippen molar-refractivity contribution in [2.45, 2.75) is 20.1 Å². The number of nitrogens with zero attached hydrogens (tertiary/aromatic N) is 2. The third kappa shape index (κ3) is 3.91. The van der Waals surface area contributed by atoms with Crippen molar-refractivity contribution in [3.63, 3.8) is 0 Å². The van der Waals surface area contributed by atoms with Gasteiger partial charge in [-0.25, -0.2) is 4.98 Å². The summed E-state index contributed by atoms with van der Waals surface area (Å²) < 4.78 is 17.9. The first-order valence-electron chi connectivity index (χ1n) is 8.08. The van der Waals surface area contributed by atoms with Crippen molar-refractivity contribution in [3.8, 4) is 11.5 Å². The van der Waals surface area contributed by atoms with Gasteiger partial charge in [-0.05, 0) is 31.2 Å². The zero-order valence-electron chi connectivity index (χ0n) is 14.3. The quantitative estimate of drug-likeness (QED) is 0.618. The highest BCUT2D eigenvalue weighted by molar-refractivity contribution is 5.78. The van der Waals surface area contributed by atoms with Gasteiger partial charge in [0.05, 0.1) is 24.8 Å². The van der Waals surface area contributed by atoms with Crippen LogP contribution in [0.25, 0.3) is 11.0 Å². The molecule has 0 unspecified atom stereocenters. The molecule has 2 aromatic carbocycles. The van der Waals surface area contributed by atoms with E-state index in [1.807, 2.05) is 47.0 Å². The average Bonchev–Trinajstić information content (AvgIpc) is 2.98. The van der Waals surface area contributed by atoms with Crippen LogP contribution >= 0.6 is 0 Å². The Balaban J connectivity index is 1.85. The molecule has 6 nitrogen and oxygen atoms in total. The number of carbonyl (C=O) groups excluding carboxylic acids is 1. The van der Waals surface area contributed by atoms with Gasteiger partial charge >= 0.3 is 5.97 Å². The van der Waals surface area contributed by atoms with Crippen molar-refractivity contribution in [2.75, 3.05) is 13.7 Å². The van der Waals surface area contributed by atoms with Gasteiger partial charge in [0, 0.05) is 6.07 Å². The molecule has 0 aliphatic rings. The number of benzene rings is 2.